The van der Waals surface area contributed by atoms with Crippen LogP contribution in [-0.2, 0) is 15.9 Å². The van der Waals surface area contributed by atoms with Crippen LogP contribution in [0.5, 0.6) is 0 Å². The van der Waals surface area contributed by atoms with Gasteiger partial charge in [0.05, 0.1) is 0 Å². The first kappa shape index (κ1) is 17.9. The highest BCUT2D eigenvalue weighted by atomic mass is 32.2. The van der Waals surface area contributed by atoms with Gasteiger partial charge in [-0.15, -0.1) is 0 Å². The molecule has 0 aromatic heterocycles. The van der Waals surface area contributed by atoms with E-state index in [1.807, 2.05) is 0 Å². The average molecular weight is 288 g/mol. The number of nitrogens with two attached hydrogens (primary N) is 1. The maximum Gasteiger partial charge on any atom is 0.269 e. The van der Waals surface area contributed by atoms with Crippen molar-refractivity contribution in [1.29, 1.82) is 0 Å². The maximum atomic E-state index is 10.4. The minimum Gasteiger partial charge on any atom is -0.399 e. The van der Waals surface area contributed by atoms with Crippen LogP contribution in [0.2, 0.25) is 0 Å². The summed E-state index contributed by atoms with van der Waals surface area (Å²) in [5.74, 6) is -0.368. The summed E-state index contributed by atoms with van der Waals surface area (Å²) in [6.45, 7) is 10.1. The minimum absolute atomic E-state index is 0.368. The Morgan fingerprint density at radius 3 is 1.74 bits per heavy atom. The van der Waals surface area contributed by atoms with Crippen LogP contribution >= 0.6 is 0 Å². The van der Waals surface area contributed by atoms with Gasteiger partial charge in [0.25, 0.3) is 10.1 Å². The van der Waals surface area contributed by atoms with Gasteiger partial charge in [0, 0.05) is 5.69 Å². The Morgan fingerprint density at radius 1 is 1.05 bits per heavy atom. The summed E-state index contributed by atoms with van der Waals surface area (Å²) in [7, 11) is -3.93. The third kappa shape index (κ3) is 9.47. The smallest absolute Gasteiger partial charge is 0.269 e. The third-order valence-corrected chi connectivity index (χ3v) is 3.37. The molecule has 5 nitrogen and oxygen atoms in total. The van der Waals surface area contributed by atoms with Gasteiger partial charge in [0.2, 0.25) is 0 Å². The first-order valence-electron chi connectivity index (χ1n) is 6.34. The highest BCUT2D eigenvalue weighted by molar-refractivity contribution is 7.85. The molecule has 0 saturated carbocycles. The molecular formula is C13H24N2O3S. The molecule has 3 N–H and O–H groups in total. The zero-order valence-electron chi connectivity index (χ0n) is 11.8. The van der Waals surface area contributed by atoms with E-state index in [2.05, 4.69) is 25.7 Å². The lowest BCUT2D eigenvalue weighted by atomic mass is 10.2. The summed E-state index contributed by atoms with van der Waals surface area (Å²) >= 11 is 0. The average Bonchev–Trinajstić information content (AvgIpc) is 2.34. The molecule has 0 unspecified atom stereocenters. The van der Waals surface area contributed by atoms with E-state index in [0.717, 1.165) is 0 Å². The molecule has 110 valence electrons. The second-order valence-electron chi connectivity index (χ2n) is 4.09. The predicted molar refractivity (Wildman–Crippen MR) is 79.6 cm³/mol. The van der Waals surface area contributed by atoms with Crippen LogP contribution < -0.4 is 5.73 Å². The first-order chi connectivity index (χ1) is 8.82. The van der Waals surface area contributed by atoms with Crippen LogP contribution in [-0.4, -0.2) is 37.5 Å². The van der Waals surface area contributed by atoms with Crippen molar-refractivity contribution in [2.75, 3.05) is 25.4 Å². The molecule has 1 rings (SSSR count). The number of anilines is 1. The van der Waals surface area contributed by atoms with Crippen LogP contribution in [0.15, 0.2) is 24.3 Å². The second-order valence-corrected chi connectivity index (χ2v) is 5.54. The zero-order valence-corrected chi connectivity index (χ0v) is 12.7. The molecule has 0 aliphatic heterocycles. The predicted octanol–water partition coefficient (Wildman–Crippen LogP) is 2.00. The lowest BCUT2D eigenvalue weighted by Crippen LogP contribution is -2.21. The van der Waals surface area contributed by atoms with E-state index in [1.54, 1.807) is 24.3 Å². The normalized spacial score (nSPS) is 11.0. The van der Waals surface area contributed by atoms with Crippen LogP contribution in [0.4, 0.5) is 5.69 Å². The van der Waals surface area contributed by atoms with Crippen LogP contribution in [0, 0.1) is 0 Å². The lowest BCUT2D eigenvalue weighted by molar-refractivity contribution is 0.321. The summed E-state index contributed by atoms with van der Waals surface area (Å²) in [6.07, 6.45) is 0. The molecule has 0 aliphatic carbocycles. The molecule has 19 heavy (non-hydrogen) atoms. The van der Waals surface area contributed by atoms with Gasteiger partial charge in [-0.1, -0.05) is 32.9 Å². The van der Waals surface area contributed by atoms with Gasteiger partial charge in [-0.25, -0.2) is 0 Å². The van der Waals surface area contributed by atoms with Crippen molar-refractivity contribution in [1.82, 2.24) is 4.90 Å². The molecule has 0 amide bonds. The minimum atomic E-state index is -3.93. The van der Waals surface area contributed by atoms with E-state index in [4.69, 9.17) is 10.3 Å². The number of nitrogen functional groups attached to an aromatic ring is 1. The molecule has 6 heteroatoms. The number of benzene rings is 1. The van der Waals surface area contributed by atoms with Crippen molar-refractivity contribution in [2.24, 2.45) is 0 Å². The van der Waals surface area contributed by atoms with Crippen LogP contribution in [0.25, 0.3) is 0 Å². The summed E-state index contributed by atoms with van der Waals surface area (Å²) < 4.78 is 29.3. The van der Waals surface area contributed by atoms with Crippen molar-refractivity contribution in [2.45, 2.75) is 26.5 Å². The molecule has 1 aromatic rings. The fourth-order valence-corrected chi connectivity index (χ4v) is 2.11. The highest BCUT2D eigenvalue weighted by Crippen LogP contribution is 2.07. The second kappa shape index (κ2) is 8.90. The summed E-state index contributed by atoms with van der Waals surface area (Å²) in [6, 6.07) is 6.28. The molecule has 0 saturated heterocycles. The molecule has 0 fully saturated rings. The van der Waals surface area contributed by atoms with Crippen molar-refractivity contribution < 1.29 is 13.0 Å². The summed E-state index contributed by atoms with van der Waals surface area (Å²) in [4.78, 5) is 2.38. The molecule has 0 heterocycles. The van der Waals surface area contributed by atoms with Crippen LogP contribution in [0.3, 0.4) is 0 Å². The van der Waals surface area contributed by atoms with E-state index in [-0.39, 0.29) is 5.75 Å². The van der Waals surface area contributed by atoms with Crippen LogP contribution in [0.1, 0.15) is 26.3 Å². The van der Waals surface area contributed by atoms with Gasteiger partial charge in [-0.05, 0) is 37.3 Å². The summed E-state index contributed by atoms with van der Waals surface area (Å²) in [5, 5.41) is 0. The van der Waals surface area contributed by atoms with Gasteiger partial charge in [-0.3, -0.25) is 4.55 Å². The van der Waals surface area contributed by atoms with E-state index in [0.29, 0.717) is 11.3 Å². The lowest BCUT2D eigenvalue weighted by Gasteiger charge is -2.13. The molecule has 0 bridgehead atoms. The van der Waals surface area contributed by atoms with E-state index in [1.165, 1.54) is 19.6 Å². The molecule has 1 aromatic carbocycles. The third-order valence-electron chi connectivity index (χ3n) is 2.67. The van der Waals surface area contributed by atoms with Gasteiger partial charge in [-0.2, -0.15) is 8.42 Å². The van der Waals surface area contributed by atoms with Gasteiger partial charge >= 0.3 is 0 Å². The van der Waals surface area contributed by atoms with E-state index < -0.39 is 10.1 Å². The van der Waals surface area contributed by atoms with Crippen molar-refractivity contribution in [3.63, 3.8) is 0 Å². The Hall–Kier alpha value is -1.11. The Kier molecular flexibility index (Phi) is 8.38. The standard InChI is InChI=1S/C7H9NO3S.C6H15N/c8-7-3-1-6(2-4-7)5-12(9,10)11;1-4-7(5-2)6-3/h1-4H,5,8H2,(H,9,10,11);4-6H2,1-3H3. The zero-order chi connectivity index (χ0) is 14.9. The fourth-order valence-electron chi connectivity index (χ4n) is 1.50. The fraction of sp³-hybridized carbons (Fsp3) is 0.538. The van der Waals surface area contributed by atoms with Gasteiger partial charge < -0.3 is 10.6 Å². The number of rotatable bonds is 5. The molecule has 0 atom stereocenters. The number of nitrogens with zero attached hydrogens (tertiary/aromatic N) is 1. The van der Waals surface area contributed by atoms with E-state index >= 15 is 0 Å². The Bertz CT molecular complexity index is 434. The molecule has 0 spiro atoms. The topological polar surface area (TPSA) is 83.6 Å². The SMILES string of the molecule is CCN(CC)CC.Nc1ccc(CS(=O)(=O)O)cc1. The quantitative estimate of drug-likeness (QED) is 0.639. The molecular weight excluding hydrogens is 264 g/mol. The Labute approximate surface area is 116 Å². The van der Waals surface area contributed by atoms with Crippen molar-refractivity contribution in [3.05, 3.63) is 29.8 Å². The monoisotopic (exact) mass is 288 g/mol. The van der Waals surface area contributed by atoms with Gasteiger partial charge in [0.15, 0.2) is 0 Å². The highest BCUT2D eigenvalue weighted by Gasteiger charge is 2.05. The molecule has 0 aliphatic rings. The Balaban J connectivity index is 0.000000399. The first-order valence-corrected chi connectivity index (χ1v) is 7.95. The number of hydrogen-bond acceptors (Lipinski definition) is 4. The largest absolute Gasteiger partial charge is 0.399 e. The summed E-state index contributed by atoms with van der Waals surface area (Å²) in [5.41, 5.74) is 6.46. The van der Waals surface area contributed by atoms with Crippen molar-refractivity contribution in [3.8, 4) is 0 Å². The van der Waals surface area contributed by atoms with Gasteiger partial charge in [0.1, 0.15) is 5.75 Å². The van der Waals surface area contributed by atoms with Crippen molar-refractivity contribution >= 4 is 15.8 Å². The maximum absolute atomic E-state index is 10.4. The molecule has 0 radical (unpaired) electrons. The Morgan fingerprint density at radius 2 is 1.47 bits per heavy atom. The van der Waals surface area contributed by atoms with E-state index in [9.17, 15) is 8.42 Å². The number of hydrogen-bond donors (Lipinski definition) is 2.